The Kier molecular flexibility index (Phi) is 3.46. The molecule has 1 aromatic carbocycles. The van der Waals surface area contributed by atoms with Crippen LogP contribution in [0.3, 0.4) is 0 Å². The van der Waals surface area contributed by atoms with Crippen molar-refractivity contribution in [3.05, 3.63) is 29.8 Å². The maximum absolute atomic E-state index is 10.2. The molecule has 1 aliphatic rings. The lowest BCUT2D eigenvalue weighted by molar-refractivity contribution is -0.0230. The molecule has 16 heavy (non-hydrogen) atoms. The molecule has 1 heterocycles. The number of piperidine rings is 1. The number of aryl methyl sites for hydroxylation is 1. The van der Waals surface area contributed by atoms with Crippen molar-refractivity contribution in [1.29, 1.82) is 0 Å². The Morgan fingerprint density at radius 1 is 1.50 bits per heavy atom. The number of β-amino-alcohol motifs (C(OH)–C–C–N with tert-alkyl or cyclic N) is 1. The highest BCUT2D eigenvalue weighted by Crippen LogP contribution is 2.19. The zero-order valence-corrected chi connectivity index (χ0v) is 9.70. The van der Waals surface area contributed by atoms with E-state index in [4.69, 9.17) is 4.74 Å². The van der Waals surface area contributed by atoms with Crippen LogP contribution in [0.1, 0.15) is 18.4 Å². The van der Waals surface area contributed by atoms with Gasteiger partial charge < -0.3 is 15.2 Å². The lowest BCUT2D eigenvalue weighted by atomic mass is 9.95. The van der Waals surface area contributed by atoms with Gasteiger partial charge in [-0.15, -0.1) is 0 Å². The van der Waals surface area contributed by atoms with E-state index >= 15 is 0 Å². The van der Waals surface area contributed by atoms with E-state index in [-0.39, 0.29) is 0 Å². The average molecular weight is 221 g/mol. The zero-order valence-electron chi connectivity index (χ0n) is 9.70. The molecule has 3 heteroatoms. The molecule has 2 N–H and O–H groups in total. The van der Waals surface area contributed by atoms with E-state index < -0.39 is 5.60 Å². The molecular formula is C13H19NO2. The highest BCUT2D eigenvalue weighted by molar-refractivity contribution is 5.27. The summed E-state index contributed by atoms with van der Waals surface area (Å²) in [7, 11) is 0. The van der Waals surface area contributed by atoms with Crippen molar-refractivity contribution in [3.8, 4) is 5.75 Å². The average Bonchev–Trinajstić information content (AvgIpc) is 2.28. The van der Waals surface area contributed by atoms with Crippen LogP contribution in [0.15, 0.2) is 24.3 Å². The first-order valence-corrected chi connectivity index (χ1v) is 5.81. The van der Waals surface area contributed by atoms with Gasteiger partial charge in [-0.3, -0.25) is 0 Å². The van der Waals surface area contributed by atoms with Crippen LogP contribution in [0.2, 0.25) is 0 Å². The Morgan fingerprint density at radius 3 is 3.06 bits per heavy atom. The molecule has 3 nitrogen and oxygen atoms in total. The number of aliphatic hydroxyl groups is 1. The standard InChI is InChI=1S/C13H19NO2/c1-11-4-2-5-12(8-11)16-10-13(15)6-3-7-14-9-13/h2,4-5,8,14-15H,3,6-7,9-10H2,1H3/t13-/m0/s1. The van der Waals surface area contributed by atoms with Crippen LogP contribution in [-0.2, 0) is 0 Å². The molecule has 0 bridgehead atoms. The molecule has 0 aliphatic carbocycles. The zero-order chi connectivity index (χ0) is 11.4. The number of benzene rings is 1. The van der Waals surface area contributed by atoms with Gasteiger partial charge in [-0.05, 0) is 44.0 Å². The molecule has 1 fully saturated rings. The number of hydrogen-bond donors (Lipinski definition) is 2. The second kappa shape index (κ2) is 4.85. The molecule has 1 aliphatic heterocycles. The molecule has 0 spiro atoms. The van der Waals surface area contributed by atoms with Crippen molar-refractivity contribution in [2.45, 2.75) is 25.4 Å². The Labute approximate surface area is 96.4 Å². The van der Waals surface area contributed by atoms with E-state index in [2.05, 4.69) is 5.32 Å². The normalized spacial score (nSPS) is 25.4. The van der Waals surface area contributed by atoms with E-state index in [1.807, 2.05) is 31.2 Å². The Balaban J connectivity index is 1.91. The predicted molar refractivity (Wildman–Crippen MR) is 63.7 cm³/mol. The van der Waals surface area contributed by atoms with Crippen LogP contribution < -0.4 is 10.1 Å². The SMILES string of the molecule is Cc1cccc(OC[C@]2(O)CCCNC2)c1. The van der Waals surface area contributed by atoms with E-state index in [0.29, 0.717) is 13.2 Å². The number of hydrogen-bond acceptors (Lipinski definition) is 3. The molecule has 1 saturated heterocycles. The number of ether oxygens (including phenoxy) is 1. The third kappa shape index (κ3) is 2.97. The quantitative estimate of drug-likeness (QED) is 0.812. The van der Waals surface area contributed by atoms with Crippen molar-refractivity contribution in [2.24, 2.45) is 0 Å². The van der Waals surface area contributed by atoms with Gasteiger partial charge in [0.25, 0.3) is 0 Å². The molecule has 0 aromatic heterocycles. The first-order valence-electron chi connectivity index (χ1n) is 5.81. The van der Waals surface area contributed by atoms with Crippen LogP contribution in [0.4, 0.5) is 0 Å². The summed E-state index contributed by atoms with van der Waals surface area (Å²) in [5.41, 5.74) is 0.466. The van der Waals surface area contributed by atoms with Crippen molar-refractivity contribution in [1.82, 2.24) is 5.32 Å². The maximum Gasteiger partial charge on any atom is 0.119 e. The van der Waals surface area contributed by atoms with Gasteiger partial charge in [0.15, 0.2) is 0 Å². The van der Waals surface area contributed by atoms with Gasteiger partial charge in [0.1, 0.15) is 18.0 Å². The predicted octanol–water partition coefficient (Wildman–Crippen LogP) is 1.49. The lowest BCUT2D eigenvalue weighted by Crippen LogP contribution is -2.49. The molecule has 1 atom stereocenters. The molecular weight excluding hydrogens is 202 g/mol. The summed E-state index contributed by atoms with van der Waals surface area (Å²) >= 11 is 0. The Bertz CT molecular complexity index is 346. The second-order valence-electron chi connectivity index (χ2n) is 4.61. The monoisotopic (exact) mass is 221 g/mol. The summed E-state index contributed by atoms with van der Waals surface area (Å²) in [6.45, 7) is 4.01. The van der Waals surface area contributed by atoms with Crippen LogP contribution in [0.5, 0.6) is 5.75 Å². The summed E-state index contributed by atoms with van der Waals surface area (Å²) < 4.78 is 5.64. The number of nitrogens with one attached hydrogen (secondary N) is 1. The summed E-state index contributed by atoms with van der Waals surface area (Å²) in [4.78, 5) is 0. The van der Waals surface area contributed by atoms with Gasteiger partial charge in [0.05, 0.1) is 0 Å². The smallest absolute Gasteiger partial charge is 0.119 e. The fourth-order valence-corrected chi connectivity index (χ4v) is 2.00. The fourth-order valence-electron chi connectivity index (χ4n) is 2.00. The van der Waals surface area contributed by atoms with Crippen molar-refractivity contribution in [2.75, 3.05) is 19.7 Å². The second-order valence-corrected chi connectivity index (χ2v) is 4.61. The molecule has 2 rings (SSSR count). The minimum absolute atomic E-state index is 0.365. The Hall–Kier alpha value is -1.06. The summed E-state index contributed by atoms with van der Waals surface area (Å²) in [6.07, 6.45) is 1.82. The Morgan fingerprint density at radius 2 is 2.38 bits per heavy atom. The molecule has 88 valence electrons. The molecule has 0 amide bonds. The summed E-state index contributed by atoms with van der Waals surface area (Å²) in [5.74, 6) is 0.832. The van der Waals surface area contributed by atoms with Gasteiger partial charge in [0, 0.05) is 6.54 Å². The third-order valence-electron chi connectivity index (χ3n) is 2.95. The maximum atomic E-state index is 10.2. The largest absolute Gasteiger partial charge is 0.491 e. The highest BCUT2D eigenvalue weighted by Gasteiger charge is 2.29. The first-order chi connectivity index (χ1) is 7.68. The van der Waals surface area contributed by atoms with Crippen LogP contribution in [0, 0.1) is 6.92 Å². The molecule has 0 saturated carbocycles. The molecule has 0 radical (unpaired) electrons. The fraction of sp³-hybridized carbons (Fsp3) is 0.538. The van der Waals surface area contributed by atoms with Gasteiger partial charge in [0.2, 0.25) is 0 Å². The van der Waals surface area contributed by atoms with Crippen molar-refractivity contribution >= 4 is 0 Å². The minimum Gasteiger partial charge on any atom is -0.491 e. The van der Waals surface area contributed by atoms with Gasteiger partial charge in [-0.25, -0.2) is 0 Å². The van der Waals surface area contributed by atoms with Gasteiger partial charge in [-0.2, -0.15) is 0 Å². The molecule has 0 unspecified atom stereocenters. The molecule has 1 aromatic rings. The van der Waals surface area contributed by atoms with Crippen molar-refractivity contribution in [3.63, 3.8) is 0 Å². The van der Waals surface area contributed by atoms with E-state index in [0.717, 1.165) is 25.1 Å². The van der Waals surface area contributed by atoms with Crippen molar-refractivity contribution < 1.29 is 9.84 Å². The first kappa shape index (κ1) is 11.4. The minimum atomic E-state index is -0.706. The van der Waals surface area contributed by atoms with E-state index in [1.165, 1.54) is 5.56 Å². The van der Waals surface area contributed by atoms with Gasteiger partial charge in [-0.1, -0.05) is 12.1 Å². The third-order valence-corrected chi connectivity index (χ3v) is 2.95. The highest BCUT2D eigenvalue weighted by atomic mass is 16.5. The van der Waals surface area contributed by atoms with Crippen LogP contribution in [-0.4, -0.2) is 30.4 Å². The number of rotatable bonds is 3. The topological polar surface area (TPSA) is 41.5 Å². The van der Waals surface area contributed by atoms with E-state index in [1.54, 1.807) is 0 Å². The summed E-state index contributed by atoms with van der Waals surface area (Å²) in [5, 5.41) is 13.4. The lowest BCUT2D eigenvalue weighted by Gasteiger charge is -2.32. The van der Waals surface area contributed by atoms with Gasteiger partial charge >= 0.3 is 0 Å². The van der Waals surface area contributed by atoms with Crippen LogP contribution >= 0.6 is 0 Å². The van der Waals surface area contributed by atoms with Crippen LogP contribution in [0.25, 0.3) is 0 Å². The van der Waals surface area contributed by atoms with E-state index in [9.17, 15) is 5.11 Å². The summed E-state index contributed by atoms with van der Waals surface area (Å²) in [6, 6.07) is 7.91.